The predicted molar refractivity (Wildman–Crippen MR) is 171 cm³/mol. The van der Waals surface area contributed by atoms with Crippen LogP contribution >= 0.6 is 11.3 Å². The predicted octanol–water partition coefficient (Wildman–Crippen LogP) is 9.79. The first-order chi connectivity index (χ1) is 19.8. The molecule has 0 aliphatic heterocycles. The van der Waals surface area contributed by atoms with E-state index in [9.17, 15) is 14.8 Å². The van der Waals surface area contributed by atoms with Crippen LogP contribution in [0.5, 0.6) is 0 Å². The van der Waals surface area contributed by atoms with Crippen LogP contribution in [-0.2, 0) is 4.74 Å². The smallest absolute Gasteiger partial charge is 0.206 e. The van der Waals surface area contributed by atoms with Gasteiger partial charge in [0.05, 0.1) is 22.9 Å². The monoisotopic (exact) mass is 595 g/mol. The molecule has 2 atom stereocenters. The lowest BCUT2D eigenvalue weighted by atomic mass is 9.87. The first-order valence-electron chi connectivity index (χ1n) is 14.5. The van der Waals surface area contributed by atoms with E-state index in [4.69, 9.17) is 4.74 Å². The first-order valence-corrected chi connectivity index (χ1v) is 15.3. The summed E-state index contributed by atoms with van der Waals surface area (Å²) >= 11 is 1.18. The van der Waals surface area contributed by atoms with E-state index in [1.54, 1.807) is 0 Å². The number of aliphatic hydroxyl groups excluding tert-OH is 1. The summed E-state index contributed by atoms with van der Waals surface area (Å²) in [6.07, 6.45) is 4.63. The summed E-state index contributed by atoms with van der Waals surface area (Å²) in [6.45, 7) is 18.3. The zero-order valence-corrected chi connectivity index (χ0v) is 27.0. The van der Waals surface area contributed by atoms with Crippen LogP contribution in [0.3, 0.4) is 0 Å². The molecule has 0 saturated heterocycles. The average Bonchev–Trinajstić information content (AvgIpc) is 3.35. The molecule has 1 N–H and O–H groups in total. The number of fused-ring (bicyclic) bond motifs is 1. The van der Waals surface area contributed by atoms with Crippen molar-refractivity contribution in [2.45, 2.75) is 79.7 Å². The molecular weight excluding hydrogens is 552 g/mol. The van der Waals surface area contributed by atoms with E-state index in [1.807, 2.05) is 27.8 Å². The third kappa shape index (κ3) is 6.47. The number of nitrogens with zero attached hydrogens (tertiary/aromatic N) is 3. The van der Waals surface area contributed by atoms with Crippen LogP contribution < -0.4 is 0 Å². The molecule has 42 heavy (non-hydrogen) atoms. The van der Waals surface area contributed by atoms with E-state index in [2.05, 4.69) is 50.2 Å². The number of hydrogen-bond donors (Lipinski definition) is 1. The fraction of sp³-hybridized carbons (Fsp3) is 0.471. The number of thiophene rings is 1. The van der Waals surface area contributed by atoms with Gasteiger partial charge in [-0.1, -0.05) is 54.0 Å². The van der Waals surface area contributed by atoms with Gasteiger partial charge in [0.15, 0.2) is 5.83 Å². The number of methoxy groups -OCH3 is 1. The van der Waals surface area contributed by atoms with Gasteiger partial charge in [-0.25, -0.2) is 13.8 Å². The van der Waals surface area contributed by atoms with Gasteiger partial charge in [0.25, 0.3) is 0 Å². The molecular formula is C34H43F2N3O2S. The van der Waals surface area contributed by atoms with E-state index in [0.717, 1.165) is 25.0 Å². The molecule has 1 aliphatic rings. The van der Waals surface area contributed by atoms with Crippen molar-refractivity contribution in [1.82, 2.24) is 4.90 Å². The summed E-state index contributed by atoms with van der Waals surface area (Å²) in [4.78, 5) is 7.22. The summed E-state index contributed by atoms with van der Waals surface area (Å²) in [6, 6.07) is 5.03. The number of aliphatic imine (C=N–C) groups is 1. The SMILES string of the molecule is C=C(/N=C1/C(F)=C(c2ccc(F)c3sc(C(C)C)c(C#N)c23)C(O)=C/C1=C(/C)N(C)C(CCC(C)CC)C(C)C)OC. The van der Waals surface area contributed by atoms with Crippen molar-refractivity contribution in [1.29, 1.82) is 5.26 Å². The zero-order valence-electron chi connectivity index (χ0n) is 26.2. The minimum atomic E-state index is -0.800. The number of aliphatic hydroxyl groups is 1. The van der Waals surface area contributed by atoms with Gasteiger partial charge >= 0.3 is 0 Å². The Balaban J connectivity index is 2.29. The molecule has 5 nitrogen and oxygen atoms in total. The minimum Gasteiger partial charge on any atom is -0.507 e. The Kier molecular flexibility index (Phi) is 10.8. The van der Waals surface area contributed by atoms with Crippen molar-refractivity contribution < 1.29 is 18.6 Å². The standard InChI is InChI=1S/C34H43F2N3O2S/c1-11-20(6)12-15-27(18(2)3)39(9)21(7)24-16-28(40)30(31(36)32(24)38-22(8)41-10)23-13-14-26(35)34-29(23)25(17-37)33(42-34)19(4)5/h13-14,16,18-20,27,40H,8,11-12,15H2,1-7,9-10H3/b24-21+,38-32+. The Bertz CT molecular complexity index is 1520. The van der Waals surface area contributed by atoms with Gasteiger partial charge in [0.2, 0.25) is 5.88 Å². The largest absolute Gasteiger partial charge is 0.507 e. The van der Waals surface area contributed by atoms with Crippen LogP contribution in [-0.4, -0.2) is 35.9 Å². The maximum absolute atomic E-state index is 16.7. The highest BCUT2D eigenvalue weighted by Crippen LogP contribution is 2.44. The highest BCUT2D eigenvalue weighted by Gasteiger charge is 2.32. The molecule has 0 saturated carbocycles. The van der Waals surface area contributed by atoms with Gasteiger partial charge in [-0.05, 0) is 61.8 Å². The van der Waals surface area contributed by atoms with Crippen LogP contribution in [0.1, 0.15) is 89.7 Å². The number of ether oxygens (including phenoxy) is 1. The molecule has 1 aromatic carbocycles. The van der Waals surface area contributed by atoms with E-state index < -0.39 is 11.6 Å². The molecule has 2 aromatic rings. The number of rotatable bonds is 11. The Morgan fingerprint density at radius 1 is 1.19 bits per heavy atom. The molecule has 0 radical (unpaired) electrons. The fourth-order valence-electron chi connectivity index (χ4n) is 5.43. The van der Waals surface area contributed by atoms with Gasteiger partial charge in [0.1, 0.15) is 23.4 Å². The fourth-order valence-corrected chi connectivity index (χ4v) is 6.61. The van der Waals surface area contributed by atoms with Crippen LogP contribution in [0.15, 0.2) is 58.5 Å². The van der Waals surface area contributed by atoms with Crippen molar-refractivity contribution in [2.24, 2.45) is 16.8 Å². The molecule has 1 aliphatic carbocycles. The highest BCUT2D eigenvalue weighted by atomic mass is 32.1. The molecule has 1 heterocycles. The number of nitriles is 1. The van der Waals surface area contributed by atoms with Gasteiger partial charge in [-0.3, -0.25) is 0 Å². The van der Waals surface area contributed by atoms with Crippen LogP contribution in [0.25, 0.3) is 15.7 Å². The molecule has 226 valence electrons. The second kappa shape index (κ2) is 13.7. The Hall–Kier alpha value is -3.44. The molecule has 0 amide bonds. The van der Waals surface area contributed by atoms with Crippen molar-refractivity contribution in [3.63, 3.8) is 0 Å². The van der Waals surface area contributed by atoms with Crippen molar-refractivity contribution in [3.8, 4) is 6.07 Å². The molecule has 8 heteroatoms. The summed E-state index contributed by atoms with van der Waals surface area (Å²) in [5, 5.41) is 21.7. The second-order valence-electron chi connectivity index (χ2n) is 11.7. The lowest BCUT2D eigenvalue weighted by molar-refractivity contribution is 0.212. The first kappa shape index (κ1) is 33.1. The van der Waals surface area contributed by atoms with Crippen LogP contribution in [0, 0.1) is 29.0 Å². The van der Waals surface area contributed by atoms with E-state index in [0.29, 0.717) is 22.3 Å². The number of benzene rings is 1. The van der Waals surface area contributed by atoms with E-state index >= 15 is 4.39 Å². The van der Waals surface area contributed by atoms with Gasteiger partial charge in [-0.15, -0.1) is 11.3 Å². The quantitative estimate of drug-likeness (QED) is 0.263. The second-order valence-corrected chi connectivity index (χ2v) is 12.7. The summed E-state index contributed by atoms with van der Waals surface area (Å²) in [7, 11) is 3.38. The molecule has 0 fully saturated rings. The molecule has 1 aromatic heterocycles. The summed E-state index contributed by atoms with van der Waals surface area (Å²) in [5.74, 6) is -0.749. The van der Waals surface area contributed by atoms with E-state index in [-0.39, 0.29) is 56.1 Å². The van der Waals surface area contributed by atoms with Crippen LogP contribution in [0.4, 0.5) is 8.78 Å². The minimum absolute atomic E-state index is 0.000910. The number of halogens is 2. The zero-order chi connectivity index (χ0) is 31.5. The Labute approximate surface area is 253 Å². The summed E-state index contributed by atoms with van der Waals surface area (Å²) < 4.78 is 37.2. The maximum atomic E-state index is 16.7. The molecule has 3 rings (SSSR count). The van der Waals surface area contributed by atoms with Crippen molar-refractivity contribution in [2.75, 3.05) is 14.2 Å². The number of allylic oxidation sites excluding steroid dienone is 5. The molecule has 2 unspecified atom stereocenters. The lowest BCUT2D eigenvalue weighted by Gasteiger charge is -2.36. The van der Waals surface area contributed by atoms with Gasteiger partial charge in [0, 0.05) is 34.6 Å². The Morgan fingerprint density at radius 3 is 2.40 bits per heavy atom. The summed E-state index contributed by atoms with van der Waals surface area (Å²) in [5.41, 5.74) is 1.45. The van der Waals surface area contributed by atoms with Gasteiger partial charge < -0.3 is 14.7 Å². The van der Waals surface area contributed by atoms with Gasteiger partial charge in [-0.2, -0.15) is 5.26 Å². The van der Waals surface area contributed by atoms with Crippen molar-refractivity contribution >= 4 is 32.7 Å². The average molecular weight is 596 g/mol. The molecule has 0 bridgehead atoms. The maximum Gasteiger partial charge on any atom is 0.206 e. The number of hydrogen-bond acceptors (Lipinski definition) is 6. The third-order valence-electron chi connectivity index (χ3n) is 8.25. The molecule has 0 spiro atoms. The topological polar surface area (TPSA) is 68.8 Å². The van der Waals surface area contributed by atoms with Crippen molar-refractivity contribution in [3.05, 3.63) is 75.3 Å². The Morgan fingerprint density at radius 2 is 1.86 bits per heavy atom. The normalized spacial score (nSPS) is 17.5. The van der Waals surface area contributed by atoms with Crippen LogP contribution in [0.2, 0.25) is 0 Å². The van der Waals surface area contributed by atoms with E-state index in [1.165, 1.54) is 36.7 Å². The third-order valence-corrected chi connectivity index (χ3v) is 9.75. The highest BCUT2D eigenvalue weighted by molar-refractivity contribution is 7.19. The lowest BCUT2D eigenvalue weighted by Crippen LogP contribution is -2.36.